The number of anilines is 1. The summed E-state index contributed by atoms with van der Waals surface area (Å²) in [7, 11) is 1.41. The van der Waals surface area contributed by atoms with Crippen LogP contribution in [-0.2, 0) is 4.79 Å². The molecule has 0 saturated heterocycles. The SMILES string of the molecule is CCNC(=O)c1ccc([N+](=O)[O-])c(N(C)CC(=O)O)c1. The van der Waals surface area contributed by atoms with Crippen LogP contribution in [0.2, 0.25) is 0 Å². The van der Waals surface area contributed by atoms with Gasteiger partial charge in [-0.2, -0.15) is 0 Å². The zero-order valence-electron chi connectivity index (χ0n) is 11.1. The number of likely N-dealkylation sites (N-methyl/N-ethyl adjacent to an activating group) is 1. The van der Waals surface area contributed by atoms with Gasteiger partial charge in [0.05, 0.1) is 4.92 Å². The Morgan fingerprint density at radius 3 is 2.60 bits per heavy atom. The van der Waals surface area contributed by atoms with E-state index in [2.05, 4.69) is 5.32 Å². The van der Waals surface area contributed by atoms with Gasteiger partial charge in [0.15, 0.2) is 0 Å². The summed E-state index contributed by atoms with van der Waals surface area (Å²) < 4.78 is 0. The summed E-state index contributed by atoms with van der Waals surface area (Å²) in [5.41, 5.74) is 0.0765. The number of rotatable bonds is 6. The van der Waals surface area contributed by atoms with Crippen molar-refractivity contribution >= 4 is 23.3 Å². The molecule has 0 aromatic heterocycles. The Bertz CT molecular complexity index is 544. The van der Waals surface area contributed by atoms with Crippen molar-refractivity contribution < 1.29 is 19.6 Å². The van der Waals surface area contributed by atoms with E-state index in [1.165, 1.54) is 30.1 Å². The van der Waals surface area contributed by atoms with Crippen molar-refractivity contribution in [1.82, 2.24) is 5.32 Å². The molecule has 0 atom stereocenters. The van der Waals surface area contributed by atoms with E-state index in [-0.39, 0.29) is 22.8 Å². The second-order valence-corrected chi connectivity index (χ2v) is 4.07. The summed E-state index contributed by atoms with van der Waals surface area (Å²) >= 11 is 0. The predicted molar refractivity (Wildman–Crippen MR) is 72.0 cm³/mol. The van der Waals surface area contributed by atoms with Gasteiger partial charge in [-0.25, -0.2) is 0 Å². The van der Waals surface area contributed by atoms with Crippen molar-refractivity contribution in [3.8, 4) is 0 Å². The lowest BCUT2D eigenvalue weighted by atomic mass is 10.1. The molecule has 0 aliphatic heterocycles. The van der Waals surface area contributed by atoms with Crippen LogP contribution in [0.5, 0.6) is 0 Å². The summed E-state index contributed by atoms with van der Waals surface area (Å²) in [6, 6.07) is 3.84. The van der Waals surface area contributed by atoms with Gasteiger partial charge in [0, 0.05) is 25.2 Å². The fourth-order valence-electron chi connectivity index (χ4n) is 1.68. The zero-order chi connectivity index (χ0) is 15.3. The molecule has 1 aromatic rings. The van der Waals surface area contributed by atoms with Crippen LogP contribution in [-0.4, -0.2) is 42.0 Å². The number of hydrogen-bond acceptors (Lipinski definition) is 5. The third-order valence-corrected chi connectivity index (χ3v) is 2.56. The van der Waals surface area contributed by atoms with Crippen molar-refractivity contribution in [3.05, 3.63) is 33.9 Å². The first kappa shape index (κ1) is 15.4. The van der Waals surface area contributed by atoms with E-state index in [1.807, 2.05) is 0 Å². The van der Waals surface area contributed by atoms with Gasteiger partial charge in [-0.1, -0.05) is 0 Å². The number of nitrogens with one attached hydrogen (secondary N) is 1. The maximum atomic E-state index is 11.7. The predicted octanol–water partition coefficient (Wildman–Crippen LogP) is 0.865. The van der Waals surface area contributed by atoms with E-state index in [9.17, 15) is 19.7 Å². The molecular weight excluding hydrogens is 266 g/mol. The van der Waals surface area contributed by atoms with E-state index < -0.39 is 17.4 Å². The Kier molecular flexibility index (Phi) is 5.01. The molecule has 8 heteroatoms. The van der Waals surface area contributed by atoms with Gasteiger partial charge in [0.2, 0.25) is 0 Å². The lowest BCUT2D eigenvalue weighted by molar-refractivity contribution is -0.384. The third kappa shape index (κ3) is 3.67. The quantitative estimate of drug-likeness (QED) is 0.590. The smallest absolute Gasteiger partial charge is 0.323 e. The standard InChI is InChI=1S/C12H15N3O5/c1-3-13-12(18)8-4-5-9(15(19)20)10(6-8)14(2)7-11(16)17/h4-6H,3,7H2,1-2H3,(H,13,18)(H,16,17). The fraction of sp³-hybridized carbons (Fsp3) is 0.333. The van der Waals surface area contributed by atoms with E-state index in [1.54, 1.807) is 6.92 Å². The molecule has 0 spiro atoms. The molecule has 0 aliphatic rings. The minimum absolute atomic E-state index is 0.0844. The first-order valence-corrected chi connectivity index (χ1v) is 5.86. The Morgan fingerprint density at radius 1 is 1.45 bits per heavy atom. The summed E-state index contributed by atoms with van der Waals surface area (Å²) in [6.07, 6.45) is 0. The minimum Gasteiger partial charge on any atom is -0.480 e. The lowest BCUT2D eigenvalue weighted by Gasteiger charge is -2.17. The first-order chi connectivity index (χ1) is 9.36. The van der Waals surface area contributed by atoms with E-state index >= 15 is 0 Å². The van der Waals surface area contributed by atoms with Gasteiger partial charge >= 0.3 is 5.97 Å². The molecule has 0 unspecified atom stereocenters. The monoisotopic (exact) mass is 281 g/mol. The number of aliphatic carboxylic acids is 1. The van der Waals surface area contributed by atoms with Crippen molar-refractivity contribution in [2.75, 3.05) is 25.0 Å². The second-order valence-electron chi connectivity index (χ2n) is 4.07. The van der Waals surface area contributed by atoms with Crippen molar-refractivity contribution in [2.24, 2.45) is 0 Å². The Balaban J connectivity index is 3.21. The molecule has 0 aliphatic carbocycles. The summed E-state index contributed by atoms with van der Waals surface area (Å²) in [5.74, 6) is -1.49. The molecule has 20 heavy (non-hydrogen) atoms. The molecule has 8 nitrogen and oxygen atoms in total. The Morgan fingerprint density at radius 2 is 2.10 bits per heavy atom. The summed E-state index contributed by atoms with van der Waals surface area (Å²) in [5, 5.41) is 22.3. The number of amides is 1. The third-order valence-electron chi connectivity index (χ3n) is 2.56. The van der Waals surface area contributed by atoms with Crippen LogP contribution in [0.15, 0.2) is 18.2 Å². The van der Waals surface area contributed by atoms with Crippen LogP contribution >= 0.6 is 0 Å². The maximum absolute atomic E-state index is 11.7. The largest absolute Gasteiger partial charge is 0.480 e. The van der Waals surface area contributed by atoms with Crippen LogP contribution in [0.3, 0.4) is 0 Å². The van der Waals surface area contributed by atoms with Gasteiger partial charge in [-0.3, -0.25) is 19.7 Å². The molecule has 0 radical (unpaired) electrons. The fourth-order valence-corrected chi connectivity index (χ4v) is 1.68. The van der Waals surface area contributed by atoms with Crippen LogP contribution in [0.4, 0.5) is 11.4 Å². The number of nitrogens with zero attached hydrogens (tertiary/aromatic N) is 2. The highest BCUT2D eigenvalue weighted by Crippen LogP contribution is 2.28. The summed E-state index contributed by atoms with van der Waals surface area (Å²) in [4.78, 5) is 33.9. The normalized spacial score (nSPS) is 9.90. The molecule has 0 bridgehead atoms. The molecular formula is C12H15N3O5. The van der Waals surface area contributed by atoms with E-state index in [4.69, 9.17) is 5.11 Å². The minimum atomic E-state index is -1.12. The number of carboxylic acid groups (broad SMARTS) is 1. The second kappa shape index (κ2) is 6.50. The summed E-state index contributed by atoms with van der Waals surface area (Å²) in [6.45, 7) is 1.77. The maximum Gasteiger partial charge on any atom is 0.323 e. The van der Waals surface area contributed by atoms with Gasteiger partial charge in [-0.15, -0.1) is 0 Å². The van der Waals surface area contributed by atoms with Crippen LogP contribution in [0.25, 0.3) is 0 Å². The van der Waals surface area contributed by atoms with Crippen molar-refractivity contribution in [2.45, 2.75) is 6.92 Å². The van der Waals surface area contributed by atoms with Crippen LogP contribution in [0.1, 0.15) is 17.3 Å². The molecule has 1 aromatic carbocycles. The number of carbonyl (C=O) groups is 2. The van der Waals surface area contributed by atoms with Crippen molar-refractivity contribution in [3.63, 3.8) is 0 Å². The molecule has 2 N–H and O–H groups in total. The van der Waals surface area contributed by atoms with Gasteiger partial charge in [0.1, 0.15) is 12.2 Å². The topological polar surface area (TPSA) is 113 Å². The zero-order valence-corrected chi connectivity index (χ0v) is 11.1. The molecule has 0 saturated carbocycles. The highest BCUT2D eigenvalue weighted by atomic mass is 16.6. The van der Waals surface area contributed by atoms with Crippen LogP contribution in [0, 0.1) is 10.1 Å². The number of nitro benzene ring substituents is 1. The molecule has 0 heterocycles. The Labute approximate surface area is 115 Å². The first-order valence-electron chi connectivity index (χ1n) is 5.86. The number of nitro groups is 1. The van der Waals surface area contributed by atoms with Crippen molar-refractivity contribution in [1.29, 1.82) is 0 Å². The highest BCUT2D eigenvalue weighted by molar-refractivity contribution is 5.96. The van der Waals surface area contributed by atoms with Crippen LogP contribution < -0.4 is 10.2 Å². The number of benzene rings is 1. The molecule has 0 fully saturated rings. The number of hydrogen-bond donors (Lipinski definition) is 2. The van der Waals surface area contributed by atoms with E-state index in [0.717, 1.165) is 0 Å². The Hall–Kier alpha value is -2.64. The number of carboxylic acids is 1. The molecule has 1 rings (SSSR count). The van der Waals surface area contributed by atoms with Gasteiger partial charge in [0.25, 0.3) is 11.6 Å². The highest BCUT2D eigenvalue weighted by Gasteiger charge is 2.20. The molecule has 108 valence electrons. The van der Waals surface area contributed by atoms with E-state index in [0.29, 0.717) is 6.54 Å². The lowest BCUT2D eigenvalue weighted by Crippen LogP contribution is -2.27. The van der Waals surface area contributed by atoms with Gasteiger partial charge in [-0.05, 0) is 19.1 Å². The average Bonchev–Trinajstić information content (AvgIpc) is 2.37. The molecule has 1 amide bonds. The van der Waals surface area contributed by atoms with Gasteiger partial charge < -0.3 is 15.3 Å². The number of carbonyl (C=O) groups excluding carboxylic acids is 1. The average molecular weight is 281 g/mol.